The van der Waals surface area contributed by atoms with E-state index in [2.05, 4.69) is 26.1 Å². The molecule has 1 heterocycles. The van der Waals surface area contributed by atoms with E-state index in [1.807, 2.05) is 0 Å². The molecule has 3 rings (SSSR count). The Morgan fingerprint density at radius 3 is 2.31 bits per heavy atom. The Morgan fingerprint density at radius 2 is 1.62 bits per heavy atom. The van der Waals surface area contributed by atoms with Crippen LogP contribution in [0.15, 0.2) is 48.8 Å². The van der Waals surface area contributed by atoms with Gasteiger partial charge in [-0.1, -0.05) is 34.8 Å². The number of nitro groups is 1. The number of anilines is 3. The molecule has 0 aliphatic heterocycles. The van der Waals surface area contributed by atoms with Gasteiger partial charge in [-0.05, 0) is 42.5 Å². The first kappa shape index (κ1) is 20.6. The highest BCUT2D eigenvalue weighted by molar-refractivity contribution is 6.35. The normalized spacial score (nSPS) is 10.3. The maximum atomic E-state index is 12.2. The highest BCUT2D eigenvalue weighted by Crippen LogP contribution is 2.34. The summed E-state index contributed by atoms with van der Waals surface area (Å²) in [4.78, 5) is 30.8. The minimum atomic E-state index is -0.697. The van der Waals surface area contributed by atoms with Gasteiger partial charge in [0.1, 0.15) is 6.33 Å². The van der Waals surface area contributed by atoms with E-state index in [1.54, 1.807) is 18.2 Å². The molecule has 0 aliphatic carbocycles. The largest absolute Gasteiger partial charge is 0.355 e. The Bertz CT molecular complexity index is 1080. The van der Waals surface area contributed by atoms with E-state index in [4.69, 9.17) is 34.8 Å². The number of hydrogen-bond acceptors (Lipinski definition) is 7. The second kappa shape index (κ2) is 8.91. The van der Waals surface area contributed by atoms with Gasteiger partial charge in [0, 0.05) is 15.6 Å². The number of benzene rings is 2. The van der Waals surface area contributed by atoms with Crippen LogP contribution in [0.25, 0.3) is 0 Å². The molecule has 0 fully saturated rings. The molecule has 148 valence electrons. The highest BCUT2D eigenvalue weighted by Gasteiger charge is 2.24. The first-order valence-corrected chi connectivity index (χ1v) is 9.02. The van der Waals surface area contributed by atoms with Crippen LogP contribution in [-0.4, -0.2) is 20.8 Å². The zero-order chi connectivity index (χ0) is 21.0. The molecule has 0 unspecified atom stereocenters. The van der Waals surface area contributed by atoms with Crippen molar-refractivity contribution in [2.24, 2.45) is 0 Å². The van der Waals surface area contributed by atoms with Gasteiger partial charge in [0.25, 0.3) is 5.91 Å². The quantitative estimate of drug-likeness (QED) is 0.360. The number of amides is 1. The number of carbonyl (C=O) groups excluding carboxylic acids is 1. The molecule has 0 spiro atoms. The predicted octanol–water partition coefficient (Wildman–Crippen LogP) is 4.85. The van der Waals surface area contributed by atoms with Gasteiger partial charge in [0.2, 0.25) is 11.6 Å². The fourth-order valence-electron chi connectivity index (χ4n) is 2.24. The van der Waals surface area contributed by atoms with Crippen molar-refractivity contribution < 1.29 is 9.72 Å². The number of carbonyl (C=O) groups is 1. The lowest BCUT2D eigenvalue weighted by Gasteiger charge is -2.12. The third-order valence-electron chi connectivity index (χ3n) is 3.59. The summed E-state index contributed by atoms with van der Waals surface area (Å²) >= 11 is 17.8. The van der Waals surface area contributed by atoms with E-state index in [0.29, 0.717) is 21.3 Å². The fraction of sp³-hybridized carbons (Fsp3) is 0. The molecule has 0 atom stereocenters. The number of nitrogens with zero attached hydrogens (tertiary/aromatic N) is 3. The maximum Gasteiger partial charge on any atom is 0.355 e. The molecule has 1 aromatic heterocycles. The molecular weight excluding hydrogens is 443 g/mol. The van der Waals surface area contributed by atoms with Crippen LogP contribution in [-0.2, 0) is 0 Å². The Labute approximate surface area is 179 Å². The molecule has 0 radical (unpaired) electrons. The van der Waals surface area contributed by atoms with Crippen molar-refractivity contribution in [1.29, 1.82) is 0 Å². The number of aromatic nitrogens is 2. The minimum absolute atomic E-state index is 0.141. The summed E-state index contributed by atoms with van der Waals surface area (Å²) in [5.74, 6) is -0.910. The standard InChI is InChI=1S/C17H11Cl3N6O3/c18-10-3-1-9(2-4-10)17(27)25-24-16-14(26(28)29)15(21-8-22-16)23-13-7-11(19)5-6-12(13)20/h1-8H,(H,25,27)(H2,21,22,23,24). The van der Waals surface area contributed by atoms with Gasteiger partial charge in [-0.2, -0.15) is 0 Å². The predicted molar refractivity (Wildman–Crippen MR) is 111 cm³/mol. The number of hydrogen-bond donors (Lipinski definition) is 3. The minimum Gasteiger partial charge on any atom is -0.333 e. The number of halogens is 3. The monoisotopic (exact) mass is 452 g/mol. The van der Waals surface area contributed by atoms with Crippen molar-refractivity contribution in [3.63, 3.8) is 0 Å². The first-order valence-electron chi connectivity index (χ1n) is 7.88. The second-order valence-corrected chi connectivity index (χ2v) is 6.79. The van der Waals surface area contributed by atoms with Gasteiger partial charge >= 0.3 is 5.69 Å². The van der Waals surface area contributed by atoms with Gasteiger partial charge in [0.15, 0.2) is 0 Å². The summed E-state index contributed by atoms with van der Waals surface area (Å²) < 4.78 is 0. The molecule has 0 saturated carbocycles. The van der Waals surface area contributed by atoms with Crippen molar-refractivity contribution in [2.45, 2.75) is 0 Å². The smallest absolute Gasteiger partial charge is 0.333 e. The van der Waals surface area contributed by atoms with Crippen molar-refractivity contribution in [2.75, 3.05) is 10.7 Å². The van der Waals surface area contributed by atoms with Gasteiger partial charge in [-0.25, -0.2) is 9.97 Å². The van der Waals surface area contributed by atoms with Gasteiger partial charge in [-0.3, -0.25) is 25.8 Å². The lowest BCUT2D eigenvalue weighted by molar-refractivity contribution is -0.383. The topological polar surface area (TPSA) is 122 Å². The van der Waals surface area contributed by atoms with Crippen LogP contribution in [0.2, 0.25) is 15.1 Å². The lowest BCUT2D eigenvalue weighted by atomic mass is 10.2. The summed E-state index contributed by atoms with van der Waals surface area (Å²) in [5.41, 5.74) is 4.89. The average molecular weight is 454 g/mol. The summed E-state index contributed by atoms with van der Waals surface area (Å²) in [6.07, 6.45) is 1.09. The first-order chi connectivity index (χ1) is 13.8. The van der Waals surface area contributed by atoms with E-state index in [0.717, 1.165) is 6.33 Å². The zero-order valence-corrected chi connectivity index (χ0v) is 16.6. The van der Waals surface area contributed by atoms with Crippen molar-refractivity contribution in [1.82, 2.24) is 15.4 Å². The number of rotatable bonds is 6. The third kappa shape index (κ3) is 5.02. The lowest BCUT2D eigenvalue weighted by Crippen LogP contribution is -2.30. The Morgan fingerprint density at radius 1 is 0.966 bits per heavy atom. The van der Waals surface area contributed by atoms with Gasteiger partial charge in [-0.15, -0.1) is 0 Å². The van der Waals surface area contributed by atoms with E-state index in [-0.39, 0.29) is 16.7 Å². The molecule has 0 aliphatic rings. The molecule has 12 heteroatoms. The number of hydrazine groups is 1. The Kier molecular flexibility index (Phi) is 6.32. The zero-order valence-electron chi connectivity index (χ0n) is 14.3. The maximum absolute atomic E-state index is 12.2. The highest BCUT2D eigenvalue weighted by atomic mass is 35.5. The molecule has 0 bridgehead atoms. The number of nitrogens with one attached hydrogen (secondary N) is 3. The Hall–Kier alpha value is -3.14. The molecular formula is C17H11Cl3N6O3. The summed E-state index contributed by atoms with van der Waals surface area (Å²) in [6, 6.07) is 10.7. The van der Waals surface area contributed by atoms with Crippen LogP contribution in [0.5, 0.6) is 0 Å². The van der Waals surface area contributed by atoms with Crippen LogP contribution in [0.4, 0.5) is 23.0 Å². The summed E-state index contributed by atoms with van der Waals surface area (Å²) in [7, 11) is 0. The third-order valence-corrected chi connectivity index (χ3v) is 4.40. The van der Waals surface area contributed by atoms with Crippen molar-refractivity contribution in [3.8, 4) is 0 Å². The van der Waals surface area contributed by atoms with Crippen LogP contribution in [0.3, 0.4) is 0 Å². The second-order valence-electron chi connectivity index (χ2n) is 5.51. The van der Waals surface area contributed by atoms with Gasteiger partial charge < -0.3 is 5.32 Å². The van der Waals surface area contributed by atoms with Crippen molar-refractivity contribution >= 4 is 63.7 Å². The summed E-state index contributed by atoms with van der Waals surface area (Å²) in [6.45, 7) is 0. The molecule has 3 aromatic rings. The molecule has 0 saturated heterocycles. The van der Waals surface area contributed by atoms with Crippen LogP contribution < -0.4 is 16.2 Å². The molecule has 2 aromatic carbocycles. The molecule has 9 nitrogen and oxygen atoms in total. The van der Waals surface area contributed by atoms with Crippen LogP contribution in [0.1, 0.15) is 10.4 Å². The van der Waals surface area contributed by atoms with Crippen molar-refractivity contribution in [3.05, 3.63) is 79.5 Å². The fourth-order valence-corrected chi connectivity index (χ4v) is 2.71. The van der Waals surface area contributed by atoms with Crippen LogP contribution in [0, 0.1) is 10.1 Å². The SMILES string of the molecule is O=C(NNc1ncnc(Nc2cc(Cl)ccc2Cl)c1[N+](=O)[O-])c1ccc(Cl)cc1. The molecule has 29 heavy (non-hydrogen) atoms. The molecule has 1 amide bonds. The average Bonchev–Trinajstić information content (AvgIpc) is 2.69. The van der Waals surface area contributed by atoms with E-state index in [9.17, 15) is 14.9 Å². The van der Waals surface area contributed by atoms with E-state index < -0.39 is 16.5 Å². The van der Waals surface area contributed by atoms with Gasteiger partial charge in [0.05, 0.1) is 15.6 Å². The van der Waals surface area contributed by atoms with E-state index >= 15 is 0 Å². The van der Waals surface area contributed by atoms with Crippen LogP contribution >= 0.6 is 34.8 Å². The summed E-state index contributed by atoms with van der Waals surface area (Å²) in [5, 5.41) is 15.5. The Balaban J connectivity index is 1.85. The molecule has 3 N–H and O–H groups in total. The van der Waals surface area contributed by atoms with E-state index in [1.165, 1.54) is 24.3 Å².